The number of allylic oxidation sites excluding steroid dienone is 2. The van der Waals surface area contributed by atoms with Gasteiger partial charge in [0.2, 0.25) is 0 Å². The first-order valence-corrected chi connectivity index (χ1v) is 14.7. The summed E-state index contributed by atoms with van der Waals surface area (Å²) in [5, 5.41) is 0. The third kappa shape index (κ3) is 5.00. The summed E-state index contributed by atoms with van der Waals surface area (Å²) in [7, 11) is 0. The van der Waals surface area contributed by atoms with E-state index in [1.54, 1.807) is 0 Å². The molecule has 3 saturated carbocycles. The van der Waals surface area contributed by atoms with Gasteiger partial charge in [0.1, 0.15) is 0 Å². The molecule has 4 aliphatic rings. The van der Waals surface area contributed by atoms with Crippen LogP contribution in [0, 0.1) is 69.5 Å². The van der Waals surface area contributed by atoms with E-state index < -0.39 is 0 Å². The van der Waals surface area contributed by atoms with Crippen molar-refractivity contribution < 1.29 is 0 Å². The summed E-state index contributed by atoms with van der Waals surface area (Å²) in [5.74, 6) is 13.7. The zero-order chi connectivity index (χ0) is 24.0. The zero-order valence-electron chi connectivity index (χ0n) is 23.4. The van der Waals surface area contributed by atoms with Crippen molar-refractivity contribution in [1.82, 2.24) is 0 Å². The molecule has 33 heavy (non-hydrogen) atoms. The van der Waals surface area contributed by atoms with E-state index in [-0.39, 0.29) is 5.41 Å². The van der Waals surface area contributed by atoms with E-state index in [0.717, 1.165) is 41.4 Å². The van der Waals surface area contributed by atoms with E-state index in [2.05, 4.69) is 73.3 Å². The van der Waals surface area contributed by atoms with Gasteiger partial charge in [-0.05, 0) is 130 Å². The third-order valence-corrected chi connectivity index (χ3v) is 11.1. The molecule has 4 rings (SSSR count). The molecular formula is C33H54. The van der Waals surface area contributed by atoms with Crippen LogP contribution >= 0.6 is 0 Å². The molecule has 0 bridgehead atoms. The Labute approximate surface area is 207 Å². The Kier molecular flexibility index (Phi) is 7.23. The average Bonchev–Trinajstić information content (AvgIpc) is 3.08. The van der Waals surface area contributed by atoms with Gasteiger partial charge in [0.25, 0.3) is 0 Å². The highest BCUT2D eigenvalue weighted by Gasteiger charge is 2.60. The van der Waals surface area contributed by atoms with Crippen molar-refractivity contribution in [2.24, 2.45) is 57.7 Å². The summed E-state index contributed by atoms with van der Waals surface area (Å²) in [4.78, 5) is 0. The zero-order valence-corrected chi connectivity index (χ0v) is 23.4. The number of hydrogen-bond donors (Lipinski definition) is 0. The Bertz CT molecular complexity index is 781. The van der Waals surface area contributed by atoms with Gasteiger partial charge in [0.05, 0.1) is 0 Å². The smallest absolute Gasteiger partial charge is 0.0233 e. The topological polar surface area (TPSA) is 0 Å². The van der Waals surface area contributed by atoms with Crippen LogP contribution in [0.1, 0.15) is 126 Å². The predicted octanol–water partition coefficient (Wildman–Crippen LogP) is 9.69. The third-order valence-electron chi connectivity index (χ3n) is 11.1. The highest BCUT2D eigenvalue weighted by molar-refractivity contribution is 5.33. The van der Waals surface area contributed by atoms with Gasteiger partial charge in [-0.1, -0.05) is 71.8 Å². The molecule has 0 heterocycles. The van der Waals surface area contributed by atoms with Crippen LogP contribution in [0.25, 0.3) is 0 Å². The maximum absolute atomic E-state index is 3.58. The van der Waals surface area contributed by atoms with E-state index in [4.69, 9.17) is 0 Å². The second-order valence-electron chi connectivity index (χ2n) is 14.8. The minimum Gasteiger partial charge on any atom is -0.0923 e. The van der Waals surface area contributed by atoms with Crippen LogP contribution in [-0.2, 0) is 0 Å². The van der Waals surface area contributed by atoms with Crippen LogP contribution in [0.5, 0.6) is 0 Å². The number of hydrogen-bond acceptors (Lipinski definition) is 0. The molecular weight excluding hydrogens is 396 g/mol. The van der Waals surface area contributed by atoms with E-state index in [9.17, 15) is 0 Å². The van der Waals surface area contributed by atoms with Crippen LogP contribution in [0.15, 0.2) is 11.6 Å². The van der Waals surface area contributed by atoms with Crippen molar-refractivity contribution in [3.05, 3.63) is 11.6 Å². The van der Waals surface area contributed by atoms with E-state index in [1.165, 1.54) is 76.2 Å². The molecule has 0 aromatic heterocycles. The molecule has 0 saturated heterocycles. The largest absolute Gasteiger partial charge is 0.0923 e. The lowest BCUT2D eigenvalue weighted by Crippen LogP contribution is -2.52. The quantitative estimate of drug-likeness (QED) is 0.366. The number of fused-ring (bicyclic) bond motifs is 5. The molecule has 0 aliphatic heterocycles. The predicted molar refractivity (Wildman–Crippen MR) is 144 cm³/mol. The number of rotatable bonds is 5. The van der Waals surface area contributed by atoms with Gasteiger partial charge in [0, 0.05) is 5.41 Å². The van der Waals surface area contributed by atoms with Gasteiger partial charge in [-0.2, -0.15) is 0 Å². The molecule has 0 nitrogen and oxygen atoms in total. The second kappa shape index (κ2) is 9.40. The molecule has 186 valence electrons. The van der Waals surface area contributed by atoms with Crippen molar-refractivity contribution in [1.29, 1.82) is 0 Å². The summed E-state index contributed by atoms with van der Waals surface area (Å²) in [5.41, 5.74) is 2.70. The Balaban J connectivity index is 1.46. The molecule has 0 aromatic carbocycles. The van der Waals surface area contributed by atoms with Crippen molar-refractivity contribution in [2.75, 3.05) is 0 Å². The van der Waals surface area contributed by atoms with E-state index >= 15 is 0 Å². The summed E-state index contributed by atoms with van der Waals surface area (Å²) in [6.45, 7) is 19.5. The van der Waals surface area contributed by atoms with E-state index in [0.29, 0.717) is 10.8 Å². The lowest BCUT2D eigenvalue weighted by molar-refractivity contribution is -0.101. The standard InChI is InChI=1S/C33H54/c1-23(2)10-9-11-24(3)28-14-15-29-27-13-12-26-22-25(16-19-31(4,5)6)17-20-32(26,7)30(27)18-21-33(28,29)8/h17,23-24,26-30H,9-15,18,20-22H2,1-8H3/t24-,26+,27-,28+,29-,30-,32+,33+/m1/s1. The molecule has 0 unspecified atom stereocenters. The Morgan fingerprint density at radius 3 is 2.36 bits per heavy atom. The monoisotopic (exact) mass is 450 g/mol. The van der Waals surface area contributed by atoms with Crippen LogP contribution < -0.4 is 0 Å². The molecule has 0 spiro atoms. The Hall–Kier alpha value is -0.700. The summed E-state index contributed by atoms with van der Waals surface area (Å²) >= 11 is 0. The van der Waals surface area contributed by atoms with Crippen LogP contribution in [0.2, 0.25) is 0 Å². The molecule has 0 aromatic rings. The Morgan fingerprint density at radius 2 is 1.67 bits per heavy atom. The maximum atomic E-state index is 3.58. The SMILES string of the molecule is CC(C)CCC[C@@H](C)[C@@H]1CC[C@@H]2[C@H]3CC[C@H]4CC(C#CC(C)(C)C)=CC[C@]4(C)[C@@H]3CC[C@]21C. The normalized spacial score (nSPS) is 41.4. The summed E-state index contributed by atoms with van der Waals surface area (Å²) in [6, 6.07) is 0. The first kappa shape index (κ1) is 25.4. The summed E-state index contributed by atoms with van der Waals surface area (Å²) < 4.78 is 0. The van der Waals surface area contributed by atoms with Crippen molar-refractivity contribution >= 4 is 0 Å². The van der Waals surface area contributed by atoms with Gasteiger partial charge < -0.3 is 0 Å². The van der Waals surface area contributed by atoms with Gasteiger partial charge >= 0.3 is 0 Å². The van der Waals surface area contributed by atoms with Crippen LogP contribution in [-0.4, -0.2) is 0 Å². The molecule has 4 aliphatic carbocycles. The highest BCUT2D eigenvalue weighted by Crippen LogP contribution is 2.68. The molecule has 0 N–H and O–H groups in total. The molecule has 0 heteroatoms. The fourth-order valence-electron chi connectivity index (χ4n) is 9.27. The first-order chi connectivity index (χ1) is 15.4. The van der Waals surface area contributed by atoms with Crippen LogP contribution in [0.3, 0.4) is 0 Å². The molecule has 3 fully saturated rings. The minimum atomic E-state index is 0.109. The lowest BCUT2D eigenvalue weighted by atomic mass is 9.45. The summed E-state index contributed by atoms with van der Waals surface area (Å²) in [6.07, 6.45) is 18.4. The van der Waals surface area contributed by atoms with Gasteiger partial charge in [-0.15, -0.1) is 0 Å². The first-order valence-electron chi connectivity index (χ1n) is 14.7. The highest BCUT2D eigenvalue weighted by atomic mass is 14.6. The molecule has 0 amide bonds. The fourth-order valence-corrected chi connectivity index (χ4v) is 9.27. The molecule has 8 atom stereocenters. The lowest BCUT2D eigenvalue weighted by Gasteiger charge is -2.60. The van der Waals surface area contributed by atoms with Crippen LogP contribution in [0.4, 0.5) is 0 Å². The van der Waals surface area contributed by atoms with E-state index in [1.807, 2.05) is 0 Å². The van der Waals surface area contributed by atoms with Gasteiger partial charge in [-0.25, -0.2) is 0 Å². The fraction of sp³-hybridized carbons (Fsp3) is 0.879. The van der Waals surface area contributed by atoms with Crippen molar-refractivity contribution in [2.45, 2.75) is 126 Å². The van der Waals surface area contributed by atoms with Gasteiger partial charge in [0.15, 0.2) is 0 Å². The second-order valence-corrected chi connectivity index (χ2v) is 14.8. The minimum absolute atomic E-state index is 0.109. The maximum Gasteiger partial charge on any atom is 0.0233 e. The van der Waals surface area contributed by atoms with Crippen molar-refractivity contribution in [3.8, 4) is 11.8 Å². The van der Waals surface area contributed by atoms with Gasteiger partial charge in [-0.3, -0.25) is 0 Å². The average molecular weight is 451 g/mol. The molecule has 0 radical (unpaired) electrons. The van der Waals surface area contributed by atoms with Crippen molar-refractivity contribution in [3.63, 3.8) is 0 Å². The Morgan fingerprint density at radius 1 is 0.939 bits per heavy atom.